The molecule has 0 unspecified atom stereocenters. The van der Waals surface area contributed by atoms with Gasteiger partial charge in [-0.15, -0.1) is 0 Å². The summed E-state index contributed by atoms with van der Waals surface area (Å²) < 4.78 is 5.18. The molecule has 1 saturated carbocycles. The number of carbonyl (C=O) groups excluding carboxylic acids is 2. The van der Waals surface area contributed by atoms with Gasteiger partial charge in [0.1, 0.15) is 5.60 Å². The van der Waals surface area contributed by atoms with Gasteiger partial charge in [0.25, 0.3) is 0 Å². The van der Waals surface area contributed by atoms with Crippen molar-refractivity contribution in [3.8, 4) is 0 Å². The van der Waals surface area contributed by atoms with Gasteiger partial charge in [0, 0.05) is 6.42 Å². The number of hydrogen-bond donors (Lipinski definition) is 1. The van der Waals surface area contributed by atoms with E-state index in [0.29, 0.717) is 18.8 Å². The molecule has 104 valence electrons. The molecule has 1 rings (SSSR count). The third-order valence-corrected chi connectivity index (χ3v) is 2.84. The fourth-order valence-corrected chi connectivity index (χ4v) is 1.80. The number of carbonyl (C=O) groups is 2. The standard InChI is InChI=1S/C14H25NO3/c1-5-6-11(12(16)9-10-7-8-10)15-13(17)18-14(2,3)4/h10-11H,5-9H2,1-4H3,(H,15,17)/t11-/m1/s1. The van der Waals surface area contributed by atoms with Gasteiger partial charge in [0.15, 0.2) is 5.78 Å². The van der Waals surface area contributed by atoms with E-state index in [2.05, 4.69) is 5.32 Å². The maximum atomic E-state index is 12.0. The maximum absolute atomic E-state index is 12.0. The minimum atomic E-state index is -0.527. The Morgan fingerprint density at radius 2 is 1.94 bits per heavy atom. The second kappa shape index (κ2) is 6.21. The van der Waals surface area contributed by atoms with E-state index in [4.69, 9.17) is 4.74 Å². The van der Waals surface area contributed by atoms with Crippen LogP contribution in [-0.2, 0) is 9.53 Å². The molecule has 0 bridgehead atoms. The van der Waals surface area contributed by atoms with E-state index < -0.39 is 11.7 Å². The van der Waals surface area contributed by atoms with Crippen molar-refractivity contribution in [1.29, 1.82) is 0 Å². The van der Waals surface area contributed by atoms with Crippen LogP contribution >= 0.6 is 0 Å². The number of ketones is 1. The monoisotopic (exact) mass is 255 g/mol. The third-order valence-electron chi connectivity index (χ3n) is 2.84. The van der Waals surface area contributed by atoms with Crippen molar-refractivity contribution < 1.29 is 14.3 Å². The van der Waals surface area contributed by atoms with Gasteiger partial charge in [-0.25, -0.2) is 4.79 Å². The average molecular weight is 255 g/mol. The van der Waals surface area contributed by atoms with E-state index >= 15 is 0 Å². The Balaban J connectivity index is 2.45. The van der Waals surface area contributed by atoms with Gasteiger partial charge in [0.2, 0.25) is 0 Å². The van der Waals surface area contributed by atoms with Crippen LogP contribution in [0.2, 0.25) is 0 Å². The first kappa shape index (κ1) is 15.0. The molecule has 1 amide bonds. The summed E-state index contributed by atoms with van der Waals surface area (Å²) >= 11 is 0. The smallest absolute Gasteiger partial charge is 0.408 e. The molecule has 4 nitrogen and oxygen atoms in total. The number of ether oxygens (including phenoxy) is 1. The fourth-order valence-electron chi connectivity index (χ4n) is 1.80. The van der Waals surface area contributed by atoms with E-state index in [9.17, 15) is 9.59 Å². The number of Topliss-reactive ketones (excluding diaryl/α,β-unsaturated/α-hetero) is 1. The Hall–Kier alpha value is -1.06. The zero-order valence-corrected chi connectivity index (χ0v) is 11.9. The Labute approximate surface area is 109 Å². The molecule has 1 aliphatic carbocycles. The lowest BCUT2D eigenvalue weighted by Crippen LogP contribution is -2.43. The Bertz CT molecular complexity index is 303. The number of alkyl carbamates (subject to hydrolysis) is 1. The Kier molecular flexibility index (Phi) is 5.17. The van der Waals surface area contributed by atoms with E-state index in [1.807, 2.05) is 27.7 Å². The summed E-state index contributed by atoms with van der Waals surface area (Å²) in [5.41, 5.74) is -0.527. The van der Waals surface area contributed by atoms with Crippen LogP contribution in [-0.4, -0.2) is 23.5 Å². The van der Waals surface area contributed by atoms with Crippen molar-refractivity contribution in [2.45, 2.75) is 71.4 Å². The molecule has 1 fully saturated rings. The Morgan fingerprint density at radius 1 is 1.33 bits per heavy atom. The minimum Gasteiger partial charge on any atom is -0.444 e. The highest BCUT2D eigenvalue weighted by molar-refractivity contribution is 5.87. The zero-order chi connectivity index (χ0) is 13.8. The molecule has 4 heteroatoms. The highest BCUT2D eigenvalue weighted by Gasteiger charge is 2.29. The van der Waals surface area contributed by atoms with Crippen LogP contribution in [0.4, 0.5) is 4.79 Å². The molecule has 0 heterocycles. The molecule has 0 spiro atoms. The van der Waals surface area contributed by atoms with Gasteiger partial charge >= 0.3 is 6.09 Å². The van der Waals surface area contributed by atoms with Crippen molar-refractivity contribution in [2.75, 3.05) is 0 Å². The summed E-state index contributed by atoms with van der Waals surface area (Å²) in [6.07, 6.45) is 3.96. The number of amides is 1. The summed E-state index contributed by atoms with van der Waals surface area (Å²) in [4.78, 5) is 23.7. The molecule has 0 radical (unpaired) electrons. The topological polar surface area (TPSA) is 55.4 Å². The summed E-state index contributed by atoms with van der Waals surface area (Å²) in [5.74, 6) is 0.697. The lowest BCUT2D eigenvalue weighted by atomic mass is 10.0. The fraction of sp³-hybridized carbons (Fsp3) is 0.857. The maximum Gasteiger partial charge on any atom is 0.408 e. The lowest BCUT2D eigenvalue weighted by Gasteiger charge is -2.23. The second-order valence-corrected chi connectivity index (χ2v) is 6.10. The van der Waals surface area contributed by atoms with Gasteiger partial charge < -0.3 is 10.1 Å². The highest BCUT2D eigenvalue weighted by atomic mass is 16.6. The van der Waals surface area contributed by atoms with Crippen LogP contribution in [0.15, 0.2) is 0 Å². The van der Waals surface area contributed by atoms with Crippen LogP contribution in [0.5, 0.6) is 0 Å². The molecule has 18 heavy (non-hydrogen) atoms. The van der Waals surface area contributed by atoms with Crippen molar-refractivity contribution in [3.63, 3.8) is 0 Å². The number of nitrogens with one attached hydrogen (secondary N) is 1. The van der Waals surface area contributed by atoms with Crippen LogP contribution in [0, 0.1) is 5.92 Å². The zero-order valence-electron chi connectivity index (χ0n) is 11.9. The van der Waals surface area contributed by atoms with Crippen LogP contribution in [0.3, 0.4) is 0 Å². The van der Waals surface area contributed by atoms with E-state index in [0.717, 1.165) is 19.3 Å². The van der Waals surface area contributed by atoms with Crippen LogP contribution in [0.25, 0.3) is 0 Å². The van der Waals surface area contributed by atoms with Gasteiger partial charge in [0.05, 0.1) is 6.04 Å². The first-order valence-electron chi connectivity index (χ1n) is 6.84. The molecule has 1 aliphatic rings. The molecule has 1 atom stereocenters. The third kappa shape index (κ3) is 6.03. The molecule has 0 aromatic heterocycles. The van der Waals surface area contributed by atoms with Crippen molar-refractivity contribution in [3.05, 3.63) is 0 Å². The molecular weight excluding hydrogens is 230 g/mol. The second-order valence-electron chi connectivity index (χ2n) is 6.10. The lowest BCUT2D eigenvalue weighted by molar-refractivity contribution is -0.121. The summed E-state index contributed by atoms with van der Waals surface area (Å²) in [5, 5.41) is 2.70. The van der Waals surface area contributed by atoms with Crippen molar-refractivity contribution >= 4 is 11.9 Å². The van der Waals surface area contributed by atoms with Gasteiger partial charge in [-0.1, -0.05) is 13.3 Å². The minimum absolute atomic E-state index is 0.144. The van der Waals surface area contributed by atoms with Crippen LogP contribution in [0.1, 0.15) is 59.8 Å². The first-order chi connectivity index (χ1) is 8.31. The van der Waals surface area contributed by atoms with E-state index in [1.165, 1.54) is 0 Å². The largest absolute Gasteiger partial charge is 0.444 e. The first-order valence-corrected chi connectivity index (χ1v) is 6.84. The van der Waals surface area contributed by atoms with E-state index in [-0.39, 0.29) is 11.8 Å². The predicted molar refractivity (Wildman–Crippen MR) is 70.4 cm³/mol. The molecule has 0 saturated heterocycles. The normalized spacial score (nSPS) is 17.1. The molecule has 0 aromatic rings. The summed E-state index contributed by atoms with van der Waals surface area (Å²) in [7, 11) is 0. The molecule has 0 aromatic carbocycles. The van der Waals surface area contributed by atoms with Gasteiger partial charge in [-0.3, -0.25) is 4.79 Å². The SMILES string of the molecule is CCC[C@@H](NC(=O)OC(C)(C)C)C(=O)CC1CC1. The van der Waals surface area contributed by atoms with Crippen LogP contribution < -0.4 is 5.32 Å². The van der Waals surface area contributed by atoms with E-state index in [1.54, 1.807) is 0 Å². The summed E-state index contributed by atoms with van der Waals surface area (Å²) in [6, 6.07) is -0.384. The Morgan fingerprint density at radius 3 is 2.39 bits per heavy atom. The van der Waals surface area contributed by atoms with Gasteiger partial charge in [-0.2, -0.15) is 0 Å². The molecular formula is C14H25NO3. The van der Waals surface area contributed by atoms with Gasteiger partial charge in [-0.05, 0) is 46.0 Å². The molecule has 1 N–H and O–H groups in total. The number of rotatable bonds is 6. The predicted octanol–water partition coefficient (Wildman–Crippen LogP) is 3.05. The molecule has 0 aliphatic heterocycles. The highest BCUT2D eigenvalue weighted by Crippen LogP contribution is 2.33. The van der Waals surface area contributed by atoms with Crippen molar-refractivity contribution in [1.82, 2.24) is 5.32 Å². The quantitative estimate of drug-likeness (QED) is 0.793. The average Bonchev–Trinajstić information content (AvgIpc) is 2.98. The summed E-state index contributed by atoms with van der Waals surface area (Å²) in [6.45, 7) is 7.45. The number of hydrogen-bond acceptors (Lipinski definition) is 3. The van der Waals surface area contributed by atoms with Crippen molar-refractivity contribution in [2.24, 2.45) is 5.92 Å².